The summed E-state index contributed by atoms with van der Waals surface area (Å²) in [6.07, 6.45) is 4.35. The van der Waals surface area contributed by atoms with E-state index in [2.05, 4.69) is 14.8 Å². The standard InChI is InChI=1S/C10H11ClN4O3S/c1-15-6-7(3-13-15)4-14-19(17,18)8-2-9(11)10(16)12-5-8/h2-3,5-6,14H,4H2,1H3,(H,12,16). The summed E-state index contributed by atoms with van der Waals surface area (Å²) in [6, 6.07) is 1.10. The number of aromatic amines is 1. The molecule has 0 aromatic carbocycles. The van der Waals surface area contributed by atoms with Gasteiger partial charge in [0.15, 0.2) is 0 Å². The molecule has 0 saturated carbocycles. The van der Waals surface area contributed by atoms with Crippen LogP contribution < -0.4 is 10.3 Å². The molecular weight excluding hydrogens is 292 g/mol. The Morgan fingerprint density at radius 3 is 2.84 bits per heavy atom. The Kier molecular flexibility index (Phi) is 3.74. The minimum atomic E-state index is -3.73. The molecule has 0 aliphatic heterocycles. The van der Waals surface area contributed by atoms with Crippen LogP contribution in [0.25, 0.3) is 0 Å². The number of nitrogens with zero attached hydrogens (tertiary/aromatic N) is 2. The van der Waals surface area contributed by atoms with Crippen LogP contribution in [0.2, 0.25) is 5.02 Å². The maximum atomic E-state index is 12.0. The van der Waals surface area contributed by atoms with Gasteiger partial charge in [0.25, 0.3) is 5.56 Å². The minimum absolute atomic E-state index is 0.0963. The second kappa shape index (κ2) is 5.16. The van der Waals surface area contributed by atoms with Crippen molar-refractivity contribution < 1.29 is 8.42 Å². The first-order valence-corrected chi connectivity index (χ1v) is 7.10. The fourth-order valence-electron chi connectivity index (χ4n) is 1.42. The number of hydrogen-bond donors (Lipinski definition) is 2. The molecule has 7 nitrogen and oxygen atoms in total. The van der Waals surface area contributed by atoms with Gasteiger partial charge in [0.05, 0.1) is 11.1 Å². The van der Waals surface area contributed by atoms with Crippen molar-refractivity contribution in [3.63, 3.8) is 0 Å². The van der Waals surface area contributed by atoms with E-state index >= 15 is 0 Å². The average molecular weight is 303 g/mol. The Bertz CT molecular complexity index is 750. The molecule has 0 unspecified atom stereocenters. The quantitative estimate of drug-likeness (QED) is 0.845. The smallest absolute Gasteiger partial charge is 0.266 e. The molecule has 2 aromatic rings. The van der Waals surface area contributed by atoms with E-state index in [0.29, 0.717) is 0 Å². The third-order valence-corrected chi connectivity index (χ3v) is 4.03. The van der Waals surface area contributed by atoms with Crippen LogP contribution in [-0.2, 0) is 23.6 Å². The van der Waals surface area contributed by atoms with Crippen LogP contribution in [0, 0.1) is 0 Å². The van der Waals surface area contributed by atoms with Crippen LogP contribution in [0.4, 0.5) is 0 Å². The highest BCUT2D eigenvalue weighted by atomic mass is 35.5. The predicted octanol–water partition coefficient (Wildman–Crippen LogP) is 0.240. The number of aromatic nitrogens is 3. The van der Waals surface area contributed by atoms with E-state index in [9.17, 15) is 13.2 Å². The first kappa shape index (κ1) is 13.8. The van der Waals surface area contributed by atoms with E-state index < -0.39 is 15.6 Å². The zero-order chi connectivity index (χ0) is 14.0. The molecule has 2 heterocycles. The van der Waals surface area contributed by atoms with Gasteiger partial charge in [-0.15, -0.1) is 0 Å². The molecule has 0 bridgehead atoms. The van der Waals surface area contributed by atoms with Gasteiger partial charge < -0.3 is 4.98 Å². The van der Waals surface area contributed by atoms with Crippen molar-refractivity contribution in [1.82, 2.24) is 19.5 Å². The van der Waals surface area contributed by atoms with Gasteiger partial charge in [-0.2, -0.15) is 5.10 Å². The third-order valence-electron chi connectivity index (χ3n) is 2.37. The van der Waals surface area contributed by atoms with Crippen LogP contribution >= 0.6 is 11.6 Å². The van der Waals surface area contributed by atoms with E-state index in [4.69, 9.17) is 11.6 Å². The molecule has 0 aliphatic carbocycles. The van der Waals surface area contributed by atoms with Crippen LogP contribution in [-0.4, -0.2) is 23.2 Å². The van der Waals surface area contributed by atoms with Crippen LogP contribution in [0.5, 0.6) is 0 Å². The van der Waals surface area contributed by atoms with Crippen molar-refractivity contribution in [1.29, 1.82) is 0 Å². The molecule has 2 rings (SSSR count). The minimum Gasteiger partial charge on any atom is -0.326 e. The lowest BCUT2D eigenvalue weighted by atomic mass is 10.4. The van der Waals surface area contributed by atoms with Gasteiger partial charge in [-0.05, 0) is 6.07 Å². The highest BCUT2D eigenvalue weighted by molar-refractivity contribution is 7.89. The summed E-state index contributed by atoms with van der Waals surface area (Å²) in [4.78, 5) is 13.2. The lowest BCUT2D eigenvalue weighted by Crippen LogP contribution is -2.24. The molecule has 19 heavy (non-hydrogen) atoms. The van der Waals surface area contributed by atoms with Gasteiger partial charge in [-0.25, -0.2) is 13.1 Å². The molecule has 0 fully saturated rings. The molecule has 102 valence electrons. The monoisotopic (exact) mass is 302 g/mol. The zero-order valence-electron chi connectivity index (χ0n) is 9.92. The topological polar surface area (TPSA) is 96.9 Å². The van der Waals surface area contributed by atoms with E-state index in [-0.39, 0.29) is 16.5 Å². The largest absolute Gasteiger partial charge is 0.326 e. The fourth-order valence-corrected chi connectivity index (χ4v) is 2.66. The molecule has 0 aliphatic rings. The molecule has 9 heteroatoms. The van der Waals surface area contributed by atoms with Crippen molar-refractivity contribution in [3.8, 4) is 0 Å². The van der Waals surface area contributed by atoms with Crippen molar-refractivity contribution >= 4 is 21.6 Å². The normalized spacial score (nSPS) is 11.7. The number of nitrogens with one attached hydrogen (secondary N) is 2. The lowest BCUT2D eigenvalue weighted by molar-refractivity contribution is 0.581. The van der Waals surface area contributed by atoms with Crippen LogP contribution in [0.3, 0.4) is 0 Å². The predicted molar refractivity (Wildman–Crippen MR) is 69.3 cm³/mol. The zero-order valence-corrected chi connectivity index (χ0v) is 11.5. The maximum Gasteiger partial charge on any atom is 0.266 e. The summed E-state index contributed by atoms with van der Waals surface area (Å²) in [6.45, 7) is 0.104. The summed E-state index contributed by atoms with van der Waals surface area (Å²) in [7, 11) is -1.99. The first-order chi connectivity index (χ1) is 8.88. The van der Waals surface area contributed by atoms with Gasteiger partial charge in [0.2, 0.25) is 10.0 Å². The van der Waals surface area contributed by atoms with Gasteiger partial charge in [-0.3, -0.25) is 9.48 Å². The van der Waals surface area contributed by atoms with Crippen LogP contribution in [0.15, 0.2) is 34.3 Å². The lowest BCUT2D eigenvalue weighted by Gasteiger charge is -2.05. The Balaban J connectivity index is 2.18. The molecule has 0 amide bonds. The summed E-state index contributed by atoms with van der Waals surface area (Å²) in [5.74, 6) is 0. The van der Waals surface area contributed by atoms with Gasteiger partial charge >= 0.3 is 0 Å². The second-order valence-corrected chi connectivity index (χ2v) is 6.03. The average Bonchev–Trinajstić information content (AvgIpc) is 2.76. The second-order valence-electron chi connectivity index (χ2n) is 3.86. The highest BCUT2D eigenvalue weighted by Gasteiger charge is 2.15. The van der Waals surface area contributed by atoms with E-state index in [1.807, 2.05) is 0 Å². The first-order valence-electron chi connectivity index (χ1n) is 5.24. The summed E-state index contributed by atoms with van der Waals surface area (Å²) < 4.78 is 27.9. The molecule has 2 N–H and O–H groups in total. The Labute approximate surface area is 114 Å². The Hall–Kier alpha value is -1.64. The molecular formula is C10H11ClN4O3S. The number of halogens is 1. The number of pyridine rings is 1. The van der Waals surface area contributed by atoms with Crippen molar-refractivity contribution in [2.75, 3.05) is 0 Å². The van der Waals surface area contributed by atoms with Crippen molar-refractivity contribution in [2.24, 2.45) is 7.05 Å². The van der Waals surface area contributed by atoms with E-state index in [1.54, 1.807) is 24.1 Å². The van der Waals surface area contributed by atoms with Gasteiger partial charge in [-0.1, -0.05) is 11.6 Å². The molecule has 0 spiro atoms. The third kappa shape index (κ3) is 3.22. The number of rotatable bonds is 4. The van der Waals surface area contributed by atoms with Crippen molar-refractivity contribution in [3.05, 3.63) is 45.6 Å². The molecule has 0 saturated heterocycles. The SMILES string of the molecule is Cn1cc(CNS(=O)(=O)c2c[nH]c(=O)c(Cl)c2)cn1. The van der Waals surface area contributed by atoms with E-state index in [0.717, 1.165) is 17.8 Å². The number of hydrogen-bond acceptors (Lipinski definition) is 4. The number of aryl methyl sites for hydroxylation is 1. The van der Waals surface area contributed by atoms with Gasteiger partial charge in [0.1, 0.15) is 5.02 Å². The van der Waals surface area contributed by atoms with Crippen LogP contribution in [0.1, 0.15) is 5.56 Å². The number of sulfonamides is 1. The Morgan fingerprint density at radius 1 is 1.53 bits per heavy atom. The van der Waals surface area contributed by atoms with Crippen molar-refractivity contribution in [2.45, 2.75) is 11.4 Å². The fraction of sp³-hybridized carbons (Fsp3) is 0.200. The van der Waals surface area contributed by atoms with E-state index in [1.165, 1.54) is 0 Å². The Morgan fingerprint density at radius 2 is 2.26 bits per heavy atom. The highest BCUT2D eigenvalue weighted by Crippen LogP contribution is 2.11. The molecule has 0 atom stereocenters. The van der Waals surface area contributed by atoms with Gasteiger partial charge in [0, 0.05) is 31.5 Å². The summed E-state index contributed by atoms with van der Waals surface area (Å²) in [5, 5.41) is 3.75. The molecule has 0 radical (unpaired) electrons. The number of H-pyrrole nitrogens is 1. The maximum absolute atomic E-state index is 12.0. The molecule has 2 aromatic heterocycles. The summed E-state index contributed by atoms with van der Waals surface area (Å²) >= 11 is 5.59. The summed E-state index contributed by atoms with van der Waals surface area (Å²) in [5.41, 5.74) is 0.189.